The summed E-state index contributed by atoms with van der Waals surface area (Å²) in [7, 11) is 3.16. The van der Waals surface area contributed by atoms with Crippen molar-refractivity contribution in [2.75, 3.05) is 34.0 Å². The van der Waals surface area contributed by atoms with Gasteiger partial charge in [-0.05, 0) is 65.0 Å². The first-order valence-electron chi connectivity index (χ1n) is 14.3. The topological polar surface area (TPSA) is 147 Å². The molecule has 0 saturated heterocycles. The fourth-order valence-electron chi connectivity index (χ4n) is 5.06. The first-order valence-corrected chi connectivity index (χ1v) is 14.3. The van der Waals surface area contributed by atoms with E-state index in [2.05, 4.69) is 21.9 Å². The third kappa shape index (κ3) is 7.31. The SMILES string of the molecule is C=CC[C@@]1(C(=O)NCCc2ccc(OC)c(OC)c2)N=C(c2ccc(OCCCO)cc2)O[C@@H]1c1ccccc1CN=[N+]=[N-]. The Morgan fingerprint density at radius 2 is 1.93 bits per heavy atom. The summed E-state index contributed by atoms with van der Waals surface area (Å²) in [4.78, 5) is 22.0. The van der Waals surface area contributed by atoms with E-state index in [1.54, 1.807) is 32.4 Å². The van der Waals surface area contributed by atoms with E-state index >= 15 is 0 Å². The quantitative estimate of drug-likeness (QED) is 0.0734. The fourth-order valence-corrected chi connectivity index (χ4v) is 5.06. The van der Waals surface area contributed by atoms with Crippen LogP contribution in [0.1, 0.15) is 41.2 Å². The second-order valence-corrected chi connectivity index (χ2v) is 10.1. The molecule has 1 amide bonds. The van der Waals surface area contributed by atoms with E-state index < -0.39 is 11.6 Å². The summed E-state index contributed by atoms with van der Waals surface area (Å²) in [5, 5.41) is 15.8. The van der Waals surface area contributed by atoms with Crippen LogP contribution in [0.3, 0.4) is 0 Å². The van der Waals surface area contributed by atoms with Gasteiger partial charge in [0.25, 0.3) is 5.91 Å². The molecule has 0 fully saturated rings. The van der Waals surface area contributed by atoms with Gasteiger partial charge in [0, 0.05) is 36.5 Å². The Morgan fingerprint density at radius 1 is 1.16 bits per heavy atom. The minimum absolute atomic E-state index is 0.0486. The van der Waals surface area contributed by atoms with Gasteiger partial charge in [-0.3, -0.25) is 4.79 Å². The summed E-state index contributed by atoms with van der Waals surface area (Å²) < 4.78 is 22.9. The maximum atomic E-state index is 14.1. The standard InChI is InChI=1S/C33H37N5O6/c1-4-17-33(32(40)35-18-16-23-10-15-28(41-2)29(21-23)42-3)30(27-9-6-5-8-25(27)22-36-38-34)44-31(37-33)24-11-13-26(14-12-24)43-20-7-19-39/h4-6,8-15,21,30,39H,1,7,16-20,22H2,2-3H3,(H,35,40)/t30-,33-/m1/s1. The average molecular weight is 600 g/mol. The van der Waals surface area contributed by atoms with Crippen LogP contribution >= 0.6 is 0 Å². The van der Waals surface area contributed by atoms with Gasteiger partial charge in [-0.25, -0.2) is 4.99 Å². The van der Waals surface area contributed by atoms with Crippen molar-refractivity contribution in [2.24, 2.45) is 10.1 Å². The number of azide groups is 1. The maximum absolute atomic E-state index is 14.1. The number of carbonyl (C=O) groups is 1. The Hall–Kier alpha value is -4.99. The monoisotopic (exact) mass is 599 g/mol. The Kier molecular flexibility index (Phi) is 11.2. The molecule has 2 atom stereocenters. The van der Waals surface area contributed by atoms with Crippen molar-refractivity contribution in [3.63, 3.8) is 0 Å². The van der Waals surface area contributed by atoms with Crippen molar-refractivity contribution in [1.29, 1.82) is 0 Å². The summed E-state index contributed by atoms with van der Waals surface area (Å²) in [6.07, 6.45) is 2.11. The number of hydrogen-bond donors (Lipinski definition) is 2. The number of carbonyl (C=O) groups excluding carboxylic acids is 1. The molecule has 230 valence electrons. The minimum atomic E-state index is -1.38. The van der Waals surface area contributed by atoms with Crippen LogP contribution in [0.4, 0.5) is 0 Å². The number of nitrogens with one attached hydrogen (secondary N) is 1. The summed E-state index contributed by atoms with van der Waals surface area (Å²) in [6, 6.07) is 20.2. The molecule has 0 aliphatic carbocycles. The normalized spacial score (nSPS) is 17.1. The zero-order valence-electron chi connectivity index (χ0n) is 24.9. The molecule has 2 N–H and O–H groups in total. The lowest BCUT2D eigenvalue weighted by atomic mass is 9.82. The number of benzene rings is 3. The van der Waals surface area contributed by atoms with Crippen LogP contribution in [0.25, 0.3) is 10.4 Å². The van der Waals surface area contributed by atoms with Crippen LogP contribution < -0.4 is 19.5 Å². The predicted molar refractivity (Wildman–Crippen MR) is 167 cm³/mol. The highest BCUT2D eigenvalue weighted by Crippen LogP contribution is 2.44. The van der Waals surface area contributed by atoms with Crippen LogP contribution in [-0.4, -0.2) is 56.4 Å². The lowest BCUT2D eigenvalue weighted by Gasteiger charge is -2.30. The zero-order valence-corrected chi connectivity index (χ0v) is 24.9. The number of hydrogen-bond acceptors (Lipinski definition) is 8. The number of nitrogens with zero attached hydrogens (tertiary/aromatic N) is 4. The molecule has 0 bridgehead atoms. The molecule has 0 spiro atoms. The zero-order chi connectivity index (χ0) is 31.4. The number of methoxy groups -OCH3 is 2. The first kappa shape index (κ1) is 31.9. The number of aliphatic hydroxyl groups excluding tert-OH is 1. The van der Waals surface area contributed by atoms with E-state index in [0.29, 0.717) is 60.3 Å². The van der Waals surface area contributed by atoms with E-state index in [4.69, 9.17) is 34.6 Å². The van der Waals surface area contributed by atoms with Gasteiger partial charge in [-0.15, -0.1) is 6.58 Å². The summed E-state index contributed by atoms with van der Waals surface area (Å²) >= 11 is 0. The van der Waals surface area contributed by atoms with E-state index in [1.807, 2.05) is 54.6 Å². The van der Waals surface area contributed by atoms with Crippen LogP contribution in [0, 0.1) is 0 Å². The second kappa shape index (κ2) is 15.5. The van der Waals surface area contributed by atoms with Crippen molar-refractivity contribution in [3.05, 3.63) is 112 Å². The average Bonchev–Trinajstić information content (AvgIpc) is 3.44. The highest BCUT2D eigenvalue weighted by Gasteiger charge is 2.52. The maximum Gasteiger partial charge on any atom is 0.252 e. The van der Waals surface area contributed by atoms with E-state index in [0.717, 1.165) is 11.1 Å². The van der Waals surface area contributed by atoms with E-state index in [-0.39, 0.29) is 25.5 Å². The largest absolute Gasteiger partial charge is 0.494 e. The number of amides is 1. The van der Waals surface area contributed by atoms with Gasteiger partial charge in [0.1, 0.15) is 5.75 Å². The summed E-state index contributed by atoms with van der Waals surface area (Å²) in [6.45, 7) is 4.80. The number of rotatable bonds is 16. The smallest absolute Gasteiger partial charge is 0.252 e. The van der Waals surface area contributed by atoms with Gasteiger partial charge in [0.2, 0.25) is 5.90 Å². The lowest BCUT2D eigenvalue weighted by Crippen LogP contribution is -2.48. The molecular formula is C33H37N5O6. The molecule has 0 aromatic heterocycles. The van der Waals surface area contributed by atoms with Crippen LogP contribution in [0.5, 0.6) is 17.2 Å². The molecule has 3 aromatic rings. The lowest BCUT2D eigenvalue weighted by molar-refractivity contribution is -0.128. The van der Waals surface area contributed by atoms with Gasteiger partial charge < -0.3 is 29.4 Å². The third-order valence-electron chi connectivity index (χ3n) is 7.27. The Morgan fingerprint density at radius 3 is 2.64 bits per heavy atom. The van der Waals surface area contributed by atoms with Crippen molar-refractivity contribution < 1.29 is 28.8 Å². The number of ether oxygens (including phenoxy) is 4. The molecule has 3 aromatic carbocycles. The molecule has 11 heteroatoms. The second-order valence-electron chi connectivity index (χ2n) is 10.1. The number of aliphatic imine (C=N–C) groups is 1. The fraction of sp³-hybridized carbons (Fsp3) is 0.333. The van der Waals surface area contributed by atoms with E-state index in [1.165, 1.54) is 0 Å². The Bertz CT molecular complexity index is 1520. The molecule has 11 nitrogen and oxygen atoms in total. The molecular weight excluding hydrogens is 562 g/mol. The molecule has 1 aliphatic heterocycles. The summed E-state index contributed by atoms with van der Waals surface area (Å²) in [5.41, 5.74) is 10.7. The molecule has 0 unspecified atom stereocenters. The Labute approximate surface area is 256 Å². The predicted octanol–water partition coefficient (Wildman–Crippen LogP) is 5.47. The van der Waals surface area contributed by atoms with Crippen molar-refractivity contribution >= 4 is 11.8 Å². The van der Waals surface area contributed by atoms with Crippen LogP contribution in [0.2, 0.25) is 0 Å². The van der Waals surface area contributed by atoms with Crippen LogP contribution in [-0.2, 0) is 22.5 Å². The first-order chi connectivity index (χ1) is 21.5. The molecule has 1 heterocycles. The minimum Gasteiger partial charge on any atom is -0.494 e. The molecule has 0 radical (unpaired) electrons. The molecule has 1 aliphatic rings. The van der Waals surface area contributed by atoms with Gasteiger partial charge in [-0.1, -0.05) is 41.5 Å². The van der Waals surface area contributed by atoms with Crippen molar-refractivity contribution in [3.8, 4) is 17.2 Å². The summed E-state index contributed by atoms with van der Waals surface area (Å²) in [5.74, 6) is 1.86. The third-order valence-corrected chi connectivity index (χ3v) is 7.27. The van der Waals surface area contributed by atoms with Crippen molar-refractivity contribution in [1.82, 2.24) is 5.32 Å². The van der Waals surface area contributed by atoms with Gasteiger partial charge >= 0.3 is 0 Å². The van der Waals surface area contributed by atoms with Gasteiger partial charge in [0.15, 0.2) is 23.1 Å². The molecule has 4 rings (SSSR count). The molecule has 0 saturated carbocycles. The Balaban J connectivity index is 1.66. The van der Waals surface area contributed by atoms with Crippen LogP contribution in [0.15, 0.2) is 89.5 Å². The highest BCUT2D eigenvalue weighted by atomic mass is 16.5. The van der Waals surface area contributed by atoms with Gasteiger partial charge in [-0.2, -0.15) is 0 Å². The molecule has 44 heavy (non-hydrogen) atoms. The van der Waals surface area contributed by atoms with Gasteiger partial charge in [0.05, 0.1) is 27.4 Å². The number of aliphatic hydroxyl groups is 1. The van der Waals surface area contributed by atoms with E-state index in [9.17, 15) is 4.79 Å². The highest BCUT2D eigenvalue weighted by molar-refractivity contribution is 6.01. The van der Waals surface area contributed by atoms with Crippen molar-refractivity contribution in [2.45, 2.75) is 37.5 Å².